The summed E-state index contributed by atoms with van der Waals surface area (Å²) in [5.74, 6) is 0. The van der Waals surface area contributed by atoms with Crippen LogP contribution in [0.2, 0.25) is 0 Å². The number of aliphatic hydroxyl groups is 1. The summed E-state index contributed by atoms with van der Waals surface area (Å²) in [4.78, 5) is 2.13. The second kappa shape index (κ2) is 4.80. The molecule has 0 aliphatic heterocycles. The van der Waals surface area contributed by atoms with Crippen LogP contribution in [-0.4, -0.2) is 41.8 Å². The second-order valence-electron chi connectivity index (χ2n) is 3.87. The summed E-state index contributed by atoms with van der Waals surface area (Å²) >= 11 is 0. The van der Waals surface area contributed by atoms with E-state index in [1.165, 1.54) is 0 Å². The van der Waals surface area contributed by atoms with Gasteiger partial charge in [-0.25, -0.2) is 0 Å². The van der Waals surface area contributed by atoms with Crippen molar-refractivity contribution in [3.63, 3.8) is 0 Å². The van der Waals surface area contributed by atoms with E-state index >= 15 is 0 Å². The molecule has 3 heteroatoms. The Morgan fingerprint density at radius 1 is 1.58 bits per heavy atom. The topological polar surface area (TPSA) is 49.5 Å². The minimum Gasteiger partial charge on any atom is -0.388 e. The Morgan fingerprint density at radius 3 is 2.42 bits per heavy atom. The molecule has 2 unspecified atom stereocenters. The molecular formula is C9H22N2O. The van der Waals surface area contributed by atoms with Gasteiger partial charge < -0.3 is 15.7 Å². The number of nitrogens with zero attached hydrogens (tertiary/aromatic N) is 1. The lowest BCUT2D eigenvalue weighted by atomic mass is 10.1. The van der Waals surface area contributed by atoms with Crippen LogP contribution >= 0.6 is 0 Å². The van der Waals surface area contributed by atoms with Gasteiger partial charge in [0.15, 0.2) is 0 Å². The molecular weight excluding hydrogens is 152 g/mol. The van der Waals surface area contributed by atoms with Crippen molar-refractivity contribution < 1.29 is 5.11 Å². The lowest BCUT2D eigenvalue weighted by molar-refractivity contribution is 0.0244. The molecule has 0 spiro atoms. The van der Waals surface area contributed by atoms with Crippen molar-refractivity contribution in [2.24, 2.45) is 5.73 Å². The van der Waals surface area contributed by atoms with Gasteiger partial charge in [-0.3, -0.25) is 0 Å². The second-order valence-corrected chi connectivity index (χ2v) is 3.87. The first-order valence-corrected chi connectivity index (χ1v) is 4.55. The monoisotopic (exact) mass is 174 g/mol. The Labute approximate surface area is 75.6 Å². The summed E-state index contributed by atoms with van der Waals surface area (Å²) in [6.45, 7) is 7.00. The SMILES string of the molecule is CCC(C)N(C)CC(C)(O)CN. The Balaban J connectivity index is 3.90. The predicted octanol–water partition coefficient (Wildman–Crippen LogP) is 0.426. The van der Waals surface area contributed by atoms with Crippen molar-refractivity contribution in [3.05, 3.63) is 0 Å². The fourth-order valence-corrected chi connectivity index (χ4v) is 1.07. The van der Waals surface area contributed by atoms with Gasteiger partial charge in [0.2, 0.25) is 0 Å². The summed E-state index contributed by atoms with van der Waals surface area (Å²) in [7, 11) is 2.01. The van der Waals surface area contributed by atoms with Crippen molar-refractivity contribution in [2.45, 2.75) is 38.8 Å². The summed E-state index contributed by atoms with van der Waals surface area (Å²) in [5, 5.41) is 9.67. The summed E-state index contributed by atoms with van der Waals surface area (Å²) in [5.41, 5.74) is 4.67. The van der Waals surface area contributed by atoms with E-state index in [1.807, 2.05) is 7.05 Å². The molecule has 12 heavy (non-hydrogen) atoms. The van der Waals surface area contributed by atoms with E-state index in [9.17, 15) is 5.11 Å². The minimum atomic E-state index is -0.752. The van der Waals surface area contributed by atoms with E-state index in [1.54, 1.807) is 6.92 Å². The number of hydrogen-bond donors (Lipinski definition) is 2. The maximum absolute atomic E-state index is 9.67. The Bertz CT molecular complexity index is 126. The zero-order valence-corrected chi connectivity index (χ0v) is 8.67. The lowest BCUT2D eigenvalue weighted by Gasteiger charge is -2.31. The molecule has 0 aliphatic carbocycles. The number of rotatable bonds is 5. The van der Waals surface area contributed by atoms with Gasteiger partial charge in [-0.15, -0.1) is 0 Å². The molecule has 0 saturated heterocycles. The molecule has 2 atom stereocenters. The zero-order chi connectivity index (χ0) is 9.78. The van der Waals surface area contributed by atoms with Crippen LogP contribution in [0.3, 0.4) is 0 Å². The van der Waals surface area contributed by atoms with E-state index in [4.69, 9.17) is 5.73 Å². The van der Waals surface area contributed by atoms with Gasteiger partial charge in [-0.1, -0.05) is 6.92 Å². The first-order valence-electron chi connectivity index (χ1n) is 4.55. The Kier molecular flexibility index (Phi) is 4.75. The molecule has 0 aromatic rings. The summed E-state index contributed by atoms with van der Waals surface area (Å²) < 4.78 is 0. The highest BCUT2D eigenvalue weighted by atomic mass is 16.3. The minimum absolute atomic E-state index is 0.313. The molecule has 0 rings (SSSR count). The van der Waals surface area contributed by atoms with Gasteiger partial charge in [0.05, 0.1) is 5.60 Å². The maximum atomic E-state index is 9.67. The average Bonchev–Trinajstić information content (AvgIpc) is 2.02. The van der Waals surface area contributed by atoms with Crippen LogP contribution in [0.4, 0.5) is 0 Å². The van der Waals surface area contributed by atoms with Crippen LogP contribution in [-0.2, 0) is 0 Å². The van der Waals surface area contributed by atoms with Crippen molar-refractivity contribution in [3.8, 4) is 0 Å². The first-order chi connectivity index (χ1) is 5.43. The van der Waals surface area contributed by atoms with Crippen molar-refractivity contribution >= 4 is 0 Å². The molecule has 0 bridgehead atoms. The van der Waals surface area contributed by atoms with Crippen LogP contribution in [0.15, 0.2) is 0 Å². The normalized spacial score (nSPS) is 19.2. The van der Waals surface area contributed by atoms with Gasteiger partial charge in [0.25, 0.3) is 0 Å². The van der Waals surface area contributed by atoms with Crippen LogP contribution in [0.1, 0.15) is 27.2 Å². The van der Waals surface area contributed by atoms with Crippen LogP contribution < -0.4 is 5.73 Å². The molecule has 0 radical (unpaired) electrons. The largest absolute Gasteiger partial charge is 0.388 e. The Morgan fingerprint density at radius 2 is 2.08 bits per heavy atom. The van der Waals surface area contributed by atoms with E-state index in [0.717, 1.165) is 6.42 Å². The molecule has 0 aliphatic rings. The molecule has 0 saturated carbocycles. The number of nitrogens with two attached hydrogens (primary N) is 1. The highest BCUT2D eigenvalue weighted by Crippen LogP contribution is 2.07. The van der Waals surface area contributed by atoms with E-state index in [0.29, 0.717) is 19.1 Å². The Hall–Kier alpha value is -0.120. The standard InChI is InChI=1S/C9H22N2O/c1-5-8(2)11(4)7-9(3,12)6-10/h8,12H,5-7,10H2,1-4H3. The molecule has 0 fully saturated rings. The van der Waals surface area contributed by atoms with E-state index in [2.05, 4.69) is 18.7 Å². The smallest absolute Gasteiger partial charge is 0.0867 e. The molecule has 0 aromatic heterocycles. The van der Waals surface area contributed by atoms with E-state index in [-0.39, 0.29) is 0 Å². The van der Waals surface area contributed by atoms with Gasteiger partial charge in [-0.2, -0.15) is 0 Å². The number of hydrogen-bond acceptors (Lipinski definition) is 3. The van der Waals surface area contributed by atoms with Gasteiger partial charge >= 0.3 is 0 Å². The fourth-order valence-electron chi connectivity index (χ4n) is 1.07. The summed E-state index contributed by atoms with van der Waals surface area (Å²) in [6.07, 6.45) is 1.09. The molecule has 74 valence electrons. The van der Waals surface area contributed by atoms with Gasteiger partial charge in [-0.05, 0) is 27.3 Å². The molecule has 0 aromatic carbocycles. The quantitative estimate of drug-likeness (QED) is 0.635. The predicted molar refractivity (Wildman–Crippen MR) is 52.1 cm³/mol. The lowest BCUT2D eigenvalue weighted by Crippen LogP contribution is -2.47. The zero-order valence-electron chi connectivity index (χ0n) is 8.67. The third-order valence-electron chi connectivity index (χ3n) is 2.37. The summed E-state index contributed by atoms with van der Waals surface area (Å²) in [6, 6.07) is 0.503. The van der Waals surface area contributed by atoms with Crippen molar-refractivity contribution in [1.82, 2.24) is 4.90 Å². The highest BCUT2D eigenvalue weighted by Gasteiger charge is 2.21. The third-order valence-corrected chi connectivity index (χ3v) is 2.37. The first kappa shape index (κ1) is 11.9. The van der Waals surface area contributed by atoms with Gasteiger partial charge in [0, 0.05) is 19.1 Å². The number of likely N-dealkylation sites (N-methyl/N-ethyl adjacent to an activating group) is 1. The molecule has 3 nitrogen and oxygen atoms in total. The molecule has 0 heterocycles. The third kappa shape index (κ3) is 4.04. The fraction of sp³-hybridized carbons (Fsp3) is 1.00. The molecule has 3 N–H and O–H groups in total. The van der Waals surface area contributed by atoms with Crippen LogP contribution in [0, 0.1) is 0 Å². The van der Waals surface area contributed by atoms with Crippen molar-refractivity contribution in [2.75, 3.05) is 20.1 Å². The van der Waals surface area contributed by atoms with Crippen molar-refractivity contribution in [1.29, 1.82) is 0 Å². The van der Waals surface area contributed by atoms with Crippen LogP contribution in [0.5, 0.6) is 0 Å². The van der Waals surface area contributed by atoms with Crippen LogP contribution in [0.25, 0.3) is 0 Å². The molecule has 0 amide bonds. The maximum Gasteiger partial charge on any atom is 0.0867 e. The van der Waals surface area contributed by atoms with E-state index < -0.39 is 5.60 Å². The highest BCUT2D eigenvalue weighted by molar-refractivity contribution is 4.78. The van der Waals surface area contributed by atoms with Gasteiger partial charge in [0.1, 0.15) is 0 Å². The average molecular weight is 174 g/mol.